The third kappa shape index (κ3) is 5.81. The van der Waals surface area contributed by atoms with E-state index in [1.807, 2.05) is 12.1 Å². The number of carbonyl (C=O) groups is 1. The van der Waals surface area contributed by atoms with Crippen molar-refractivity contribution in [3.05, 3.63) is 35.4 Å². The maximum Gasteiger partial charge on any atom is 0.162 e. The topological polar surface area (TPSA) is 17.1 Å². The Hall–Kier alpha value is -0.630. The van der Waals surface area contributed by atoms with E-state index in [9.17, 15) is 4.79 Å². The Kier molecular flexibility index (Phi) is 7.99. The maximum absolute atomic E-state index is 11.9. The van der Waals surface area contributed by atoms with Crippen molar-refractivity contribution in [2.45, 2.75) is 51.9 Å². The van der Waals surface area contributed by atoms with E-state index >= 15 is 0 Å². The number of ketones is 1. The van der Waals surface area contributed by atoms with Gasteiger partial charge in [0.25, 0.3) is 0 Å². The lowest BCUT2D eigenvalue weighted by Gasteiger charge is -2.03. The number of Topliss-reactive ketones (excluding diaryl/α,β-unsaturated/α-hetero) is 1. The fraction of sp³-hybridized carbons (Fsp3) is 0.562. The predicted molar refractivity (Wildman–Crippen MR) is 81.6 cm³/mol. The zero-order valence-electron chi connectivity index (χ0n) is 11.3. The molecule has 0 N–H and O–H groups in total. The van der Waals surface area contributed by atoms with E-state index in [-0.39, 0.29) is 5.78 Å². The number of hydrogen-bond donors (Lipinski definition) is 0. The summed E-state index contributed by atoms with van der Waals surface area (Å²) in [6, 6.07) is 8.17. The van der Waals surface area contributed by atoms with Gasteiger partial charge in [0.2, 0.25) is 0 Å². The number of hydrogen-bond acceptors (Lipinski definition) is 1. The second kappa shape index (κ2) is 9.32. The molecule has 0 spiro atoms. The number of aryl methyl sites for hydroxylation is 1. The molecule has 0 aromatic heterocycles. The SMILES string of the molecule is CCCCc1ccc(C(=O)CCCCCBr)cc1. The second-order valence-corrected chi connectivity index (χ2v) is 5.52. The molecule has 0 saturated carbocycles. The van der Waals surface area contributed by atoms with Crippen molar-refractivity contribution in [2.75, 3.05) is 5.33 Å². The summed E-state index contributed by atoms with van der Waals surface area (Å²) < 4.78 is 0. The molecule has 0 atom stereocenters. The van der Waals surface area contributed by atoms with E-state index in [2.05, 4.69) is 35.0 Å². The van der Waals surface area contributed by atoms with E-state index in [1.165, 1.54) is 18.4 Å². The van der Waals surface area contributed by atoms with Gasteiger partial charge in [0.15, 0.2) is 5.78 Å². The van der Waals surface area contributed by atoms with Crippen LogP contribution in [0.4, 0.5) is 0 Å². The fourth-order valence-corrected chi connectivity index (χ4v) is 2.34. The molecule has 0 amide bonds. The van der Waals surface area contributed by atoms with Crippen LogP contribution in [0.5, 0.6) is 0 Å². The number of halogens is 1. The van der Waals surface area contributed by atoms with E-state index in [4.69, 9.17) is 0 Å². The highest BCUT2D eigenvalue weighted by molar-refractivity contribution is 9.09. The lowest BCUT2D eigenvalue weighted by molar-refractivity contribution is 0.0979. The Balaban J connectivity index is 2.38. The van der Waals surface area contributed by atoms with Gasteiger partial charge in [-0.25, -0.2) is 0 Å². The minimum Gasteiger partial charge on any atom is -0.294 e. The first-order valence-electron chi connectivity index (χ1n) is 6.96. The molecule has 0 aliphatic rings. The lowest BCUT2D eigenvalue weighted by Crippen LogP contribution is -1.99. The van der Waals surface area contributed by atoms with Gasteiger partial charge in [-0.2, -0.15) is 0 Å². The van der Waals surface area contributed by atoms with Crippen molar-refractivity contribution in [3.63, 3.8) is 0 Å². The lowest BCUT2D eigenvalue weighted by atomic mass is 10.0. The van der Waals surface area contributed by atoms with Crippen molar-refractivity contribution < 1.29 is 4.79 Å². The van der Waals surface area contributed by atoms with Crippen molar-refractivity contribution in [2.24, 2.45) is 0 Å². The van der Waals surface area contributed by atoms with Crippen LogP contribution in [-0.2, 0) is 6.42 Å². The Morgan fingerprint density at radius 3 is 2.39 bits per heavy atom. The molecule has 0 radical (unpaired) electrons. The molecule has 1 aromatic rings. The molecule has 0 saturated heterocycles. The Morgan fingerprint density at radius 1 is 1.06 bits per heavy atom. The average Bonchev–Trinajstić information content (AvgIpc) is 2.41. The summed E-state index contributed by atoms with van der Waals surface area (Å²) in [5.41, 5.74) is 2.21. The molecule has 0 fully saturated rings. The highest BCUT2D eigenvalue weighted by Gasteiger charge is 2.05. The van der Waals surface area contributed by atoms with Crippen LogP contribution < -0.4 is 0 Å². The Labute approximate surface area is 119 Å². The Bertz CT molecular complexity index is 343. The van der Waals surface area contributed by atoms with Crippen molar-refractivity contribution >= 4 is 21.7 Å². The first kappa shape index (κ1) is 15.4. The molecule has 0 aliphatic heterocycles. The first-order valence-corrected chi connectivity index (χ1v) is 8.08. The smallest absolute Gasteiger partial charge is 0.162 e. The number of carbonyl (C=O) groups excluding carboxylic acids is 1. The molecule has 0 unspecified atom stereocenters. The summed E-state index contributed by atoms with van der Waals surface area (Å²) in [5, 5.41) is 1.04. The van der Waals surface area contributed by atoms with Crippen molar-refractivity contribution in [3.8, 4) is 0 Å². The highest BCUT2D eigenvalue weighted by atomic mass is 79.9. The summed E-state index contributed by atoms with van der Waals surface area (Å²) in [4.78, 5) is 11.9. The van der Waals surface area contributed by atoms with Crippen LogP contribution >= 0.6 is 15.9 Å². The van der Waals surface area contributed by atoms with E-state index < -0.39 is 0 Å². The van der Waals surface area contributed by atoms with Crippen LogP contribution in [0.2, 0.25) is 0 Å². The molecule has 0 aliphatic carbocycles. The number of alkyl halides is 1. The van der Waals surface area contributed by atoms with Gasteiger partial charge in [0.1, 0.15) is 0 Å². The van der Waals surface area contributed by atoms with Gasteiger partial charge in [-0.05, 0) is 31.2 Å². The zero-order chi connectivity index (χ0) is 13.2. The van der Waals surface area contributed by atoms with Crippen LogP contribution in [0.25, 0.3) is 0 Å². The standard InChI is InChI=1S/C16H23BrO/c1-2-3-7-14-9-11-15(12-10-14)16(18)8-5-4-6-13-17/h9-12H,2-8,13H2,1H3. The largest absolute Gasteiger partial charge is 0.294 e. The van der Waals surface area contributed by atoms with Gasteiger partial charge in [0.05, 0.1) is 0 Å². The quantitative estimate of drug-likeness (QED) is 0.349. The van der Waals surface area contributed by atoms with Crippen molar-refractivity contribution in [1.82, 2.24) is 0 Å². The molecule has 18 heavy (non-hydrogen) atoms. The van der Waals surface area contributed by atoms with Gasteiger partial charge >= 0.3 is 0 Å². The molecule has 0 bridgehead atoms. The minimum atomic E-state index is 0.284. The highest BCUT2D eigenvalue weighted by Crippen LogP contribution is 2.12. The molecule has 1 aromatic carbocycles. The van der Waals surface area contributed by atoms with E-state index in [0.29, 0.717) is 6.42 Å². The molecular weight excluding hydrogens is 288 g/mol. The molecule has 1 rings (SSSR count). The summed E-state index contributed by atoms with van der Waals surface area (Å²) >= 11 is 3.41. The fourth-order valence-electron chi connectivity index (χ4n) is 1.94. The minimum absolute atomic E-state index is 0.284. The van der Waals surface area contributed by atoms with Crippen LogP contribution in [0.15, 0.2) is 24.3 Å². The summed E-state index contributed by atoms with van der Waals surface area (Å²) in [5.74, 6) is 0.284. The molecular formula is C16H23BrO. The average molecular weight is 311 g/mol. The third-order valence-electron chi connectivity index (χ3n) is 3.13. The summed E-state index contributed by atoms with van der Waals surface area (Å²) in [7, 11) is 0. The van der Waals surface area contributed by atoms with Gasteiger partial charge in [-0.15, -0.1) is 0 Å². The molecule has 1 nitrogen and oxygen atoms in total. The van der Waals surface area contributed by atoms with E-state index in [1.54, 1.807) is 0 Å². The Morgan fingerprint density at radius 2 is 1.78 bits per heavy atom. The van der Waals surface area contributed by atoms with Gasteiger partial charge in [0, 0.05) is 17.3 Å². The van der Waals surface area contributed by atoms with Gasteiger partial charge in [-0.1, -0.05) is 60.0 Å². The van der Waals surface area contributed by atoms with Crippen LogP contribution in [0.1, 0.15) is 61.4 Å². The van der Waals surface area contributed by atoms with Crippen LogP contribution in [0.3, 0.4) is 0 Å². The first-order chi connectivity index (χ1) is 8.77. The third-order valence-corrected chi connectivity index (χ3v) is 3.69. The second-order valence-electron chi connectivity index (χ2n) is 4.72. The van der Waals surface area contributed by atoms with Crippen LogP contribution in [0, 0.1) is 0 Å². The van der Waals surface area contributed by atoms with Gasteiger partial charge in [-0.3, -0.25) is 4.79 Å². The number of unbranched alkanes of at least 4 members (excludes halogenated alkanes) is 3. The molecule has 2 heteroatoms. The molecule has 100 valence electrons. The van der Waals surface area contributed by atoms with Gasteiger partial charge < -0.3 is 0 Å². The molecule has 0 heterocycles. The van der Waals surface area contributed by atoms with Crippen LogP contribution in [-0.4, -0.2) is 11.1 Å². The maximum atomic E-state index is 11.9. The number of rotatable bonds is 9. The normalized spacial score (nSPS) is 10.6. The predicted octanol–water partition coefficient (Wildman–Crippen LogP) is 5.17. The van der Waals surface area contributed by atoms with Crippen molar-refractivity contribution in [1.29, 1.82) is 0 Å². The summed E-state index contributed by atoms with van der Waals surface area (Å²) in [6.07, 6.45) is 7.53. The number of benzene rings is 1. The van der Waals surface area contributed by atoms with E-state index in [0.717, 1.165) is 36.6 Å². The summed E-state index contributed by atoms with van der Waals surface area (Å²) in [6.45, 7) is 2.20. The zero-order valence-corrected chi connectivity index (χ0v) is 12.8. The monoisotopic (exact) mass is 310 g/mol.